The molecule has 4 fully saturated rings. The number of sulfone groups is 1. The Kier molecular flexibility index (Phi) is 3.89. The topological polar surface area (TPSA) is 72.2 Å². The second kappa shape index (κ2) is 5.25. The van der Waals surface area contributed by atoms with Crippen molar-refractivity contribution in [3.8, 4) is 0 Å². The standard InChI is InChI=1S/C15H28N2O2S/c1-20(18,19)4-2-3-14(17-16)15-8-11-5-12(9-15)7-13(6-11)10-15/h11-14,17H,2-10,16H2,1H3. The van der Waals surface area contributed by atoms with Crippen LogP contribution in [0.15, 0.2) is 0 Å². The van der Waals surface area contributed by atoms with E-state index in [9.17, 15) is 8.42 Å². The summed E-state index contributed by atoms with van der Waals surface area (Å²) in [5.41, 5.74) is 3.41. The lowest BCUT2D eigenvalue weighted by atomic mass is 9.47. The molecule has 0 heterocycles. The van der Waals surface area contributed by atoms with Gasteiger partial charge in [0.25, 0.3) is 0 Å². The van der Waals surface area contributed by atoms with Crippen LogP contribution in [0.2, 0.25) is 0 Å². The van der Waals surface area contributed by atoms with E-state index in [2.05, 4.69) is 5.43 Å². The van der Waals surface area contributed by atoms with Gasteiger partial charge in [-0.25, -0.2) is 8.42 Å². The van der Waals surface area contributed by atoms with Crippen LogP contribution in [0.1, 0.15) is 51.4 Å². The van der Waals surface area contributed by atoms with Crippen molar-refractivity contribution in [1.29, 1.82) is 0 Å². The molecule has 4 bridgehead atoms. The van der Waals surface area contributed by atoms with Crippen LogP contribution in [-0.2, 0) is 9.84 Å². The first kappa shape index (κ1) is 14.8. The molecule has 0 aromatic heterocycles. The Labute approximate surface area is 122 Å². The second-order valence-corrected chi connectivity index (χ2v) is 10.0. The van der Waals surface area contributed by atoms with Crippen LogP contribution < -0.4 is 11.3 Å². The maximum Gasteiger partial charge on any atom is 0.147 e. The van der Waals surface area contributed by atoms with Gasteiger partial charge in [-0.1, -0.05) is 0 Å². The summed E-state index contributed by atoms with van der Waals surface area (Å²) in [6.07, 6.45) is 11.2. The van der Waals surface area contributed by atoms with Crippen molar-refractivity contribution in [3.05, 3.63) is 0 Å². The zero-order valence-corrected chi connectivity index (χ0v) is 13.3. The van der Waals surface area contributed by atoms with Crippen LogP contribution in [-0.4, -0.2) is 26.5 Å². The highest BCUT2D eigenvalue weighted by molar-refractivity contribution is 7.90. The van der Waals surface area contributed by atoms with E-state index in [4.69, 9.17) is 5.84 Å². The molecule has 4 aliphatic rings. The molecule has 0 spiro atoms. The molecule has 1 unspecified atom stereocenters. The maximum atomic E-state index is 11.3. The molecule has 5 heteroatoms. The summed E-state index contributed by atoms with van der Waals surface area (Å²) >= 11 is 0. The van der Waals surface area contributed by atoms with E-state index in [-0.39, 0.29) is 5.75 Å². The van der Waals surface area contributed by atoms with Gasteiger partial charge in [-0.15, -0.1) is 0 Å². The Bertz CT molecular complexity index is 425. The molecule has 0 amide bonds. The fourth-order valence-corrected chi connectivity index (χ4v) is 6.41. The van der Waals surface area contributed by atoms with E-state index >= 15 is 0 Å². The summed E-state index contributed by atoms with van der Waals surface area (Å²) in [4.78, 5) is 0. The van der Waals surface area contributed by atoms with Crippen LogP contribution in [0.3, 0.4) is 0 Å². The summed E-state index contributed by atoms with van der Waals surface area (Å²) in [7, 11) is -2.85. The molecule has 4 saturated carbocycles. The highest BCUT2D eigenvalue weighted by Crippen LogP contribution is 2.61. The van der Waals surface area contributed by atoms with Crippen LogP contribution >= 0.6 is 0 Å². The Hall–Kier alpha value is -0.130. The second-order valence-electron chi connectivity index (χ2n) is 7.77. The van der Waals surface area contributed by atoms with Crippen molar-refractivity contribution in [2.75, 3.05) is 12.0 Å². The van der Waals surface area contributed by atoms with Gasteiger partial charge in [-0.3, -0.25) is 11.3 Å². The van der Waals surface area contributed by atoms with Crippen molar-refractivity contribution < 1.29 is 8.42 Å². The number of nitrogens with one attached hydrogen (secondary N) is 1. The van der Waals surface area contributed by atoms with Gasteiger partial charge in [0.1, 0.15) is 9.84 Å². The van der Waals surface area contributed by atoms with E-state index in [1.807, 2.05) is 0 Å². The number of hydrogen-bond acceptors (Lipinski definition) is 4. The fraction of sp³-hybridized carbons (Fsp3) is 1.00. The lowest BCUT2D eigenvalue weighted by Gasteiger charge is -2.59. The zero-order valence-electron chi connectivity index (χ0n) is 12.5. The molecule has 0 radical (unpaired) electrons. The maximum absolute atomic E-state index is 11.3. The number of rotatable bonds is 6. The molecule has 0 aliphatic heterocycles. The predicted molar refractivity (Wildman–Crippen MR) is 80.7 cm³/mol. The van der Waals surface area contributed by atoms with Gasteiger partial charge < -0.3 is 0 Å². The van der Waals surface area contributed by atoms with Crippen LogP contribution in [0.5, 0.6) is 0 Å². The van der Waals surface area contributed by atoms with Crippen molar-refractivity contribution in [2.24, 2.45) is 29.0 Å². The summed E-state index contributed by atoms with van der Waals surface area (Å²) in [6, 6.07) is 0.303. The van der Waals surface area contributed by atoms with Crippen molar-refractivity contribution in [2.45, 2.75) is 57.4 Å². The average Bonchev–Trinajstić information content (AvgIpc) is 2.31. The Morgan fingerprint density at radius 2 is 1.65 bits per heavy atom. The minimum Gasteiger partial charge on any atom is -0.271 e. The van der Waals surface area contributed by atoms with Gasteiger partial charge in [0, 0.05) is 18.1 Å². The third-order valence-electron chi connectivity index (χ3n) is 6.03. The van der Waals surface area contributed by atoms with Gasteiger partial charge >= 0.3 is 0 Å². The van der Waals surface area contributed by atoms with Crippen LogP contribution in [0, 0.1) is 23.2 Å². The first-order valence-corrected chi connectivity index (χ1v) is 10.1. The number of nitrogens with two attached hydrogens (primary N) is 1. The smallest absolute Gasteiger partial charge is 0.147 e. The van der Waals surface area contributed by atoms with E-state index < -0.39 is 9.84 Å². The van der Waals surface area contributed by atoms with E-state index in [1.165, 1.54) is 44.8 Å². The summed E-state index contributed by atoms with van der Waals surface area (Å²) < 4.78 is 22.6. The number of hydrazine groups is 1. The SMILES string of the molecule is CS(=O)(=O)CCCC(NN)C12CC3CC(CC(C3)C1)C2. The average molecular weight is 300 g/mol. The normalized spacial score (nSPS) is 41.0. The molecule has 0 saturated heterocycles. The number of hydrogen-bond donors (Lipinski definition) is 2. The molecule has 116 valence electrons. The molecule has 20 heavy (non-hydrogen) atoms. The molecule has 4 aliphatic carbocycles. The van der Waals surface area contributed by atoms with Gasteiger partial charge in [-0.05, 0) is 74.5 Å². The minimum atomic E-state index is -2.85. The van der Waals surface area contributed by atoms with Gasteiger partial charge in [-0.2, -0.15) is 0 Å². The first-order valence-electron chi connectivity index (χ1n) is 8.04. The highest BCUT2D eigenvalue weighted by atomic mass is 32.2. The molecule has 0 aromatic carbocycles. The van der Waals surface area contributed by atoms with Gasteiger partial charge in [0.15, 0.2) is 0 Å². The molecular formula is C15H28N2O2S. The monoisotopic (exact) mass is 300 g/mol. The summed E-state index contributed by atoms with van der Waals surface area (Å²) in [6.45, 7) is 0. The van der Waals surface area contributed by atoms with E-state index in [1.54, 1.807) is 0 Å². The lowest BCUT2D eigenvalue weighted by Crippen LogP contribution is -2.57. The molecule has 1 atom stereocenters. The van der Waals surface area contributed by atoms with E-state index in [0.717, 1.165) is 30.6 Å². The Morgan fingerprint density at radius 3 is 2.05 bits per heavy atom. The molecule has 0 aromatic rings. The summed E-state index contributed by atoms with van der Waals surface area (Å²) in [5.74, 6) is 8.86. The molecule has 4 rings (SSSR count). The van der Waals surface area contributed by atoms with Crippen molar-refractivity contribution in [1.82, 2.24) is 5.43 Å². The van der Waals surface area contributed by atoms with Crippen LogP contribution in [0.25, 0.3) is 0 Å². The zero-order chi connectivity index (χ0) is 14.4. The van der Waals surface area contributed by atoms with Crippen molar-refractivity contribution in [3.63, 3.8) is 0 Å². The molecule has 4 nitrogen and oxygen atoms in total. The first-order chi connectivity index (χ1) is 9.40. The Morgan fingerprint density at radius 1 is 1.15 bits per heavy atom. The van der Waals surface area contributed by atoms with Gasteiger partial charge in [0.05, 0.1) is 0 Å². The lowest BCUT2D eigenvalue weighted by molar-refractivity contribution is -0.0753. The van der Waals surface area contributed by atoms with Crippen LogP contribution in [0.4, 0.5) is 0 Å². The molecule has 3 N–H and O–H groups in total. The Balaban J connectivity index is 1.66. The minimum absolute atomic E-state index is 0.289. The third kappa shape index (κ3) is 2.90. The highest BCUT2D eigenvalue weighted by Gasteiger charge is 2.53. The third-order valence-corrected chi connectivity index (χ3v) is 7.06. The summed E-state index contributed by atoms with van der Waals surface area (Å²) in [5, 5.41) is 0. The van der Waals surface area contributed by atoms with Gasteiger partial charge in [0.2, 0.25) is 0 Å². The molecular weight excluding hydrogens is 272 g/mol. The quantitative estimate of drug-likeness (QED) is 0.580. The van der Waals surface area contributed by atoms with E-state index in [0.29, 0.717) is 11.5 Å². The predicted octanol–water partition coefficient (Wildman–Crippen LogP) is 1.86. The largest absolute Gasteiger partial charge is 0.271 e. The van der Waals surface area contributed by atoms with Crippen molar-refractivity contribution >= 4 is 9.84 Å². The fourth-order valence-electron chi connectivity index (χ4n) is 5.72.